The number of Topliss-reactive ketones (excluding diaryl/α,β-unsaturated/α-hetero) is 2. The Bertz CT molecular complexity index is 1260. The molecule has 0 saturated heterocycles. The fourth-order valence-corrected chi connectivity index (χ4v) is 3.96. The summed E-state index contributed by atoms with van der Waals surface area (Å²) >= 11 is 5.79. The average Bonchev–Trinajstić information content (AvgIpc) is 2.62. The van der Waals surface area contributed by atoms with Gasteiger partial charge in [-0.15, -0.1) is 0 Å². The van der Waals surface area contributed by atoms with Crippen molar-refractivity contribution in [1.29, 1.82) is 0 Å². The number of rotatable bonds is 1. The first kappa shape index (κ1) is 18.8. The van der Waals surface area contributed by atoms with E-state index in [0.29, 0.717) is 11.1 Å². The van der Waals surface area contributed by atoms with Crippen LogP contribution >= 0.6 is 11.6 Å². The van der Waals surface area contributed by atoms with Crippen molar-refractivity contribution in [3.63, 3.8) is 0 Å². The van der Waals surface area contributed by atoms with Crippen molar-refractivity contribution in [2.24, 2.45) is 0 Å². The molecule has 6 nitrogen and oxygen atoms in total. The Morgan fingerprint density at radius 3 is 2.07 bits per heavy atom. The summed E-state index contributed by atoms with van der Waals surface area (Å²) in [7, 11) is 0. The average molecular weight is 409 g/mol. The Morgan fingerprint density at radius 1 is 0.759 bits per heavy atom. The number of ketones is 4. The van der Waals surface area contributed by atoms with Crippen molar-refractivity contribution >= 4 is 40.3 Å². The molecule has 0 fully saturated rings. The lowest BCUT2D eigenvalue weighted by atomic mass is 9.80. The SMILES string of the molecule is Cc1cc(O)c2c(c1)C(=O)C(c1c(C)cc3c(c1O)C(=O)C=C(Cl)C3=O)=CC2=O. The first-order valence-corrected chi connectivity index (χ1v) is 8.97. The fourth-order valence-electron chi connectivity index (χ4n) is 3.76. The van der Waals surface area contributed by atoms with Crippen LogP contribution in [0.5, 0.6) is 11.5 Å². The number of carbonyl (C=O) groups excluding carboxylic acids is 4. The first-order chi connectivity index (χ1) is 13.6. The molecule has 4 rings (SSSR count). The summed E-state index contributed by atoms with van der Waals surface area (Å²) in [5.41, 5.74) is 0.334. The maximum atomic E-state index is 13.1. The second kappa shape index (κ2) is 6.25. The van der Waals surface area contributed by atoms with Crippen LogP contribution in [0.15, 0.2) is 35.4 Å². The van der Waals surface area contributed by atoms with E-state index in [-0.39, 0.29) is 44.2 Å². The maximum absolute atomic E-state index is 13.1. The first-order valence-electron chi connectivity index (χ1n) is 8.59. The Hall–Kier alpha value is -3.51. The number of halogens is 1. The van der Waals surface area contributed by atoms with E-state index in [1.165, 1.54) is 18.2 Å². The molecule has 7 heteroatoms. The third-order valence-electron chi connectivity index (χ3n) is 5.01. The monoisotopic (exact) mass is 408 g/mol. The Labute approximate surface area is 169 Å². The van der Waals surface area contributed by atoms with Crippen LogP contribution in [-0.4, -0.2) is 33.3 Å². The van der Waals surface area contributed by atoms with E-state index in [9.17, 15) is 29.4 Å². The lowest BCUT2D eigenvalue weighted by Crippen LogP contribution is -2.20. The van der Waals surface area contributed by atoms with Crippen LogP contribution in [-0.2, 0) is 0 Å². The van der Waals surface area contributed by atoms with Gasteiger partial charge in [-0.05, 0) is 49.2 Å². The number of benzene rings is 2. The number of phenols is 2. The van der Waals surface area contributed by atoms with E-state index in [1.54, 1.807) is 13.8 Å². The number of allylic oxidation sites excluding steroid dienone is 4. The van der Waals surface area contributed by atoms with Crippen molar-refractivity contribution in [2.75, 3.05) is 0 Å². The molecule has 0 radical (unpaired) electrons. The minimum Gasteiger partial charge on any atom is -0.507 e. The second-order valence-corrected chi connectivity index (χ2v) is 7.39. The molecular formula is C22H13ClO6. The van der Waals surface area contributed by atoms with Gasteiger partial charge in [-0.25, -0.2) is 0 Å². The number of aromatic hydroxyl groups is 2. The van der Waals surface area contributed by atoms with E-state index < -0.39 is 28.9 Å². The van der Waals surface area contributed by atoms with Crippen LogP contribution in [0.1, 0.15) is 58.1 Å². The molecule has 0 spiro atoms. The van der Waals surface area contributed by atoms with Gasteiger partial charge in [0.05, 0.1) is 16.2 Å². The summed E-state index contributed by atoms with van der Waals surface area (Å²) in [6, 6.07) is 4.22. The molecule has 2 aliphatic rings. The molecular weight excluding hydrogens is 396 g/mol. The molecule has 0 bridgehead atoms. The van der Waals surface area contributed by atoms with Crippen LogP contribution in [0, 0.1) is 13.8 Å². The number of carbonyl (C=O) groups is 4. The lowest BCUT2D eigenvalue weighted by molar-refractivity contribution is 0.0987. The van der Waals surface area contributed by atoms with E-state index in [1.807, 2.05) is 0 Å². The number of phenolic OH excluding ortho intramolecular Hbond substituents is 2. The third kappa shape index (κ3) is 2.64. The van der Waals surface area contributed by atoms with Gasteiger partial charge in [-0.3, -0.25) is 19.2 Å². The molecule has 0 heterocycles. The highest BCUT2D eigenvalue weighted by molar-refractivity contribution is 6.49. The number of fused-ring (bicyclic) bond motifs is 2. The highest BCUT2D eigenvalue weighted by atomic mass is 35.5. The third-order valence-corrected chi connectivity index (χ3v) is 5.29. The van der Waals surface area contributed by atoms with Gasteiger partial charge in [0.2, 0.25) is 5.78 Å². The van der Waals surface area contributed by atoms with Gasteiger partial charge in [0.1, 0.15) is 11.5 Å². The molecule has 2 aromatic carbocycles. The molecule has 0 aliphatic heterocycles. The topological polar surface area (TPSA) is 109 Å². The zero-order chi connectivity index (χ0) is 21.2. The highest BCUT2D eigenvalue weighted by Gasteiger charge is 2.35. The van der Waals surface area contributed by atoms with Gasteiger partial charge in [-0.1, -0.05) is 11.6 Å². The van der Waals surface area contributed by atoms with E-state index >= 15 is 0 Å². The van der Waals surface area contributed by atoms with Crippen molar-refractivity contribution in [3.8, 4) is 11.5 Å². The number of aryl methyl sites for hydroxylation is 2. The summed E-state index contributed by atoms with van der Waals surface area (Å²) in [4.78, 5) is 50.4. The minimum atomic E-state index is -0.674. The largest absolute Gasteiger partial charge is 0.507 e. The molecule has 2 aromatic rings. The van der Waals surface area contributed by atoms with Gasteiger partial charge >= 0.3 is 0 Å². The summed E-state index contributed by atoms with van der Waals surface area (Å²) in [6.45, 7) is 3.21. The summed E-state index contributed by atoms with van der Waals surface area (Å²) in [6.07, 6.45) is 1.93. The van der Waals surface area contributed by atoms with Gasteiger partial charge in [0, 0.05) is 28.3 Å². The highest BCUT2D eigenvalue weighted by Crippen LogP contribution is 2.41. The van der Waals surface area contributed by atoms with Gasteiger partial charge in [-0.2, -0.15) is 0 Å². The van der Waals surface area contributed by atoms with Crippen molar-refractivity contribution in [1.82, 2.24) is 0 Å². The van der Waals surface area contributed by atoms with Gasteiger partial charge in [0.25, 0.3) is 0 Å². The maximum Gasteiger partial charge on any atom is 0.205 e. The number of hydrogen-bond acceptors (Lipinski definition) is 6. The predicted octanol–water partition coefficient (Wildman–Crippen LogP) is 3.68. The van der Waals surface area contributed by atoms with Crippen LogP contribution in [0.3, 0.4) is 0 Å². The number of hydrogen-bond donors (Lipinski definition) is 2. The Morgan fingerprint density at radius 2 is 1.38 bits per heavy atom. The Balaban J connectivity index is 1.98. The summed E-state index contributed by atoms with van der Waals surface area (Å²) < 4.78 is 0. The molecule has 29 heavy (non-hydrogen) atoms. The molecule has 0 aromatic heterocycles. The van der Waals surface area contributed by atoms with Crippen molar-refractivity contribution in [3.05, 3.63) is 74.3 Å². The normalized spacial score (nSPS) is 15.7. The van der Waals surface area contributed by atoms with Crippen LogP contribution in [0.4, 0.5) is 0 Å². The van der Waals surface area contributed by atoms with Gasteiger partial charge in [0.15, 0.2) is 17.3 Å². The molecule has 0 unspecified atom stereocenters. The summed E-state index contributed by atoms with van der Waals surface area (Å²) in [5.74, 6) is -3.34. The smallest absolute Gasteiger partial charge is 0.205 e. The predicted molar refractivity (Wildman–Crippen MR) is 105 cm³/mol. The molecule has 2 N–H and O–H groups in total. The zero-order valence-corrected chi connectivity index (χ0v) is 16.0. The zero-order valence-electron chi connectivity index (χ0n) is 15.3. The van der Waals surface area contributed by atoms with E-state index in [0.717, 1.165) is 12.2 Å². The Kier molecular flexibility index (Phi) is 4.06. The van der Waals surface area contributed by atoms with Crippen LogP contribution in [0.2, 0.25) is 0 Å². The van der Waals surface area contributed by atoms with E-state index in [4.69, 9.17) is 11.6 Å². The van der Waals surface area contributed by atoms with Crippen LogP contribution < -0.4 is 0 Å². The fraction of sp³-hybridized carbons (Fsp3) is 0.0909. The molecule has 2 aliphatic carbocycles. The molecule has 0 atom stereocenters. The second-order valence-electron chi connectivity index (χ2n) is 6.98. The summed E-state index contributed by atoms with van der Waals surface area (Å²) in [5, 5.41) is 20.6. The van der Waals surface area contributed by atoms with Gasteiger partial charge < -0.3 is 10.2 Å². The van der Waals surface area contributed by atoms with E-state index in [2.05, 4.69) is 0 Å². The molecule has 0 saturated carbocycles. The van der Waals surface area contributed by atoms with Crippen LogP contribution in [0.25, 0.3) is 5.57 Å². The van der Waals surface area contributed by atoms with Crippen molar-refractivity contribution < 1.29 is 29.4 Å². The minimum absolute atomic E-state index is 0.00636. The molecule has 144 valence electrons. The van der Waals surface area contributed by atoms with Crippen molar-refractivity contribution in [2.45, 2.75) is 13.8 Å². The lowest BCUT2D eigenvalue weighted by Gasteiger charge is -2.22. The molecule has 0 amide bonds. The standard InChI is InChI=1S/C22H13ClO6/c1-8-3-10-18(14(24)4-8)15(25)6-12(20(10)27)17-9(2)5-11-19(22(17)29)16(26)7-13(23)21(11)28/h3-7,24,29H,1-2H3. The quantitative estimate of drug-likeness (QED) is 0.745.